The molecule has 1 saturated carbocycles. The van der Waals surface area contributed by atoms with Crippen LogP contribution < -0.4 is 5.73 Å². The molecular formula is C22H23ClN2O8. The molecule has 1 fully saturated rings. The summed E-state index contributed by atoms with van der Waals surface area (Å²) in [4.78, 5) is 40.1. The number of aliphatic hydroxyl groups excluding tert-OH is 2. The first-order chi connectivity index (χ1) is 15.2. The molecule has 0 aromatic heterocycles. The number of rotatable bonds is 2. The number of nitrogens with zero attached hydrogens (tertiary/aromatic N) is 1. The molecule has 3 aliphatic carbocycles. The standard InChI is InChI=1S/C22H23ClN2O8/c1-21(32)7-6-8-15(25(2)3)17(28)13(20(24)31)19(30)22(8,33)18(29)11(7)16(27)12-10(26)5-4-9(23)14(12)21/h4-5,7-8,15,26-27,30,32-33H,6H2,1-3H3,(H2,24,31)/t7?,8?,15?,21-,22+/m1/s1. The van der Waals surface area contributed by atoms with Gasteiger partial charge >= 0.3 is 0 Å². The van der Waals surface area contributed by atoms with Crippen LogP contribution in [0.5, 0.6) is 5.75 Å². The molecule has 3 unspecified atom stereocenters. The monoisotopic (exact) mass is 478 g/mol. The summed E-state index contributed by atoms with van der Waals surface area (Å²) >= 11 is 6.28. The lowest BCUT2D eigenvalue weighted by molar-refractivity contribution is -0.159. The zero-order valence-corrected chi connectivity index (χ0v) is 18.7. The smallest absolute Gasteiger partial charge is 0.255 e. The minimum absolute atomic E-state index is 0.0187. The van der Waals surface area contributed by atoms with Crippen LogP contribution in [0, 0.1) is 11.8 Å². The van der Waals surface area contributed by atoms with E-state index in [1.54, 1.807) is 0 Å². The number of phenolic OH excluding ortho intramolecular Hbond substituents is 1. The molecule has 0 spiro atoms. The van der Waals surface area contributed by atoms with Crippen molar-refractivity contribution in [2.45, 2.75) is 30.6 Å². The Labute approximate surface area is 193 Å². The van der Waals surface area contributed by atoms with Crippen LogP contribution in [0.1, 0.15) is 24.5 Å². The van der Waals surface area contributed by atoms with E-state index in [4.69, 9.17) is 17.3 Å². The quantitative estimate of drug-likeness (QED) is 0.325. The molecule has 0 heterocycles. The fourth-order valence-corrected chi connectivity index (χ4v) is 5.93. The van der Waals surface area contributed by atoms with Crippen LogP contribution in [0.2, 0.25) is 5.02 Å². The van der Waals surface area contributed by atoms with E-state index in [1.807, 2.05) is 0 Å². The summed E-state index contributed by atoms with van der Waals surface area (Å²) in [6, 6.07) is 1.24. The Hall–Kier alpha value is -2.92. The number of likely N-dealkylation sites (N-methyl/N-ethyl adjacent to an activating group) is 1. The molecule has 7 N–H and O–H groups in total. The number of nitrogens with two attached hydrogens (primary N) is 1. The van der Waals surface area contributed by atoms with Crippen molar-refractivity contribution in [3.8, 4) is 5.75 Å². The second-order valence-electron chi connectivity index (χ2n) is 9.08. The number of aliphatic hydroxyl groups is 4. The van der Waals surface area contributed by atoms with E-state index in [0.29, 0.717) is 0 Å². The van der Waals surface area contributed by atoms with Gasteiger partial charge in [-0.1, -0.05) is 11.6 Å². The predicted molar refractivity (Wildman–Crippen MR) is 115 cm³/mol. The normalized spacial score (nSPS) is 33.7. The first kappa shape index (κ1) is 23.2. The topological polar surface area (TPSA) is 182 Å². The average molecular weight is 479 g/mol. The number of primary amides is 1. The molecule has 33 heavy (non-hydrogen) atoms. The molecule has 1 amide bonds. The van der Waals surface area contributed by atoms with E-state index >= 15 is 0 Å². The van der Waals surface area contributed by atoms with Gasteiger partial charge in [0, 0.05) is 28.0 Å². The second-order valence-corrected chi connectivity index (χ2v) is 9.48. The lowest BCUT2D eigenvalue weighted by Crippen LogP contribution is -2.67. The third-order valence-corrected chi connectivity index (χ3v) is 7.39. The maximum atomic E-state index is 13.7. The van der Waals surface area contributed by atoms with Gasteiger partial charge in [-0.25, -0.2) is 0 Å². The van der Waals surface area contributed by atoms with Crippen molar-refractivity contribution in [3.63, 3.8) is 0 Å². The Balaban J connectivity index is 2.07. The first-order valence-electron chi connectivity index (χ1n) is 10.1. The number of phenols is 1. The molecule has 4 rings (SSSR count). The number of carbonyl (C=O) groups is 3. The van der Waals surface area contributed by atoms with E-state index < -0.39 is 75.0 Å². The van der Waals surface area contributed by atoms with Gasteiger partial charge in [-0.2, -0.15) is 0 Å². The molecule has 10 nitrogen and oxygen atoms in total. The summed E-state index contributed by atoms with van der Waals surface area (Å²) in [5, 5.41) is 55.2. The number of hydrogen-bond acceptors (Lipinski definition) is 9. The predicted octanol–water partition coefficient (Wildman–Crippen LogP) is 0.282. The number of halogens is 1. The molecule has 0 radical (unpaired) electrons. The first-order valence-corrected chi connectivity index (χ1v) is 10.5. The summed E-state index contributed by atoms with van der Waals surface area (Å²) in [5.41, 5.74) is -1.10. The summed E-state index contributed by atoms with van der Waals surface area (Å²) in [6.45, 7) is 1.34. The third-order valence-electron chi connectivity index (χ3n) is 7.07. The van der Waals surface area contributed by atoms with E-state index in [9.17, 15) is 39.9 Å². The lowest BCUT2D eigenvalue weighted by Gasteiger charge is -2.53. The molecule has 0 saturated heterocycles. The maximum absolute atomic E-state index is 13.7. The van der Waals surface area contributed by atoms with Crippen LogP contribution in [-0.4, -0.2) is 73.6 Å². The number of benzene rings is 1. The van der Waals surface area contributed by atoms with Gasteiger partial charge in [0.15, 0.2) is 11.4 Å². The molecular weight excluding hydrogens is 456 g/mol. The second kappa shape index (κ2) is 7.04. The van der Waals surface area contributed by atoms with Crippen molar-refractivity contribution in [1.82, 2.24) is 4.90 Å². The van der Waals surface area contributed by atoms with Gasteiger partial charge in [0.2, 0.25) is 5.78 Å². The van der Waals surface area contributed by atoms with Gasteiger partial charge in [-0.3, -0.25) is 19.3 Å². The number of ketones is 2. The summed E-state index contributed by atoms with van der Waals surface area (Å²) in [6.07, 6.45) is -0.259. The molecule has 0 aliphatic heterocycles. The van der Waals surface area contributed by atoms with Gasteiger partial charge in [0.05, 0.1) is 17.2 Å². The molecule has 3 aliphatic rings. The average Bonchev–Trinajstić information content (AvgIpc) is 2.69. The Kier molecular flexibility index (Phi) is 4.96. The lowest BCUT2D eigenvalue weighted by atomic mass is 9.54. The maximum Gasteiger partial charge on any atom is 0.255 e. The molecule has 0 bridgehead atoms. The highest BCUT2D eigenvalue weighted by Gasteiger charge is 2.66. The Morgan fingerprint density at radius 3 is 2.33 bits per heavy atom. The number of Topliss-reactive ketones (excluding diaryl/α,β-unsaturated/α-hetero) is 2. The summed E-state index contributed by atoms with van der Waals surface area (Å²) < 4.78 is 0. The zero-order valence-electron chi connectivity index (χ0n) is 18.0. The number of amides is 1. The largest absolute Gasteiger partial charge is 0.508 e. The summed E-state index contributed by atoms with van der Waals surface area (Å²) in [5.74, 6) is -8.30. The Bertz CT molecular complexity index is 1200. The Morgan fingerprint density at radius 1 is 1.18 bits per heavy atom. The van der Waals surface area contributed by atoms with Crippen molar-refractivity contribution >= 4 is 34.8 Å². The Morgan fingerprint density at radius 2 is 1.79 bits per heavy atom. The SMILES string of the molecule is CN(C)C1C(=O)C(C(N)=O)=C(O)[C@@]2(O)C(=O)C3=C(O)c4c(O)ccc(Cl)c4[C@](C)(O)C3CC12. The van der Waals surface area contributed by atoms with E-state index in [1.165, 1.54) is 38.1 Å². The van der Waals surface area contributed by atoms with Crippen LogP contribution in [0.25, 0.3) is 5.76 Å². The zero-order chi connectivity index (χ0) is 24.8. The molecule has 11 heteroatoms. The van der Waals surface area contributed by atoms with Gasteiger partial charge in [-0.05, 0) is 39.6 Å². The van der Waals surface area contributed by atoms with Crippen molar-refractivity contribution in [1.29, 1.82) is 0 Å². The van der Waals surface area contributed by atoms with E-state index in [2.05, 4.69) is 0 Å². The molecule has 1 aromatic carbocycles. The third kappa shape index (κ3) is 2.75. The van der Waals surface area contributed by atoms with Crippen LogP contribution >= 0.6 is 11.6 Å². The fraction of sp³-hybridized carbons (Fsp3) is 0.409. The van der Waals surface area contributed by atoms with Crippen molar-refractivity contribution in [3.05, 3.63) is 45.2 Å². The van der Waals surface area contributed by atoms with Crippen LogP contribution in [-0.2, 0) is 20.0 Å². The summed E-state index contributed by atoms with van der Waals surface area (Å²) in [7, 11) is 2.97. The minimum atomic E-state index is -2.78. The van der Waals surface area contributed by atoms with Crippen molar-refractivity contribution < 1.29 is 39.9 Å². The van der Waals surface area contributed by atoms with Crippen LogP contribution in [0.15, 0.2) is 29.0 Å². The van der Waals surface area contributed by atoms with E-state index in [0.717, 1.165) is 0 Å². The van der Waals surface area contributed by atoms with Gasteiger partial charge < -0.3 is 31.3 Å². The van der Waals surface area contributed by atoms with Crippen LogP contribution in [0.3, 0.4) is 0 Å². The molecule has 5 atom stereocenters. The minimum Gasteiger partial charge on any atom is -0.508 e. The highest BCUT2D eigenvalue weighted by atomic mass is 35.5. The number of carbonyl (C=O) groups excluding carboxylic acids is 3. The van der Waals surface area contributed by atoms with Gasteiger partial charge in [-0.15, -0.1) is 0 Å². The van der Waals surface area contributed by atoms with Crippen molar-refractivity contribution in [2.75, 3.05) is 14.1 Å². The number of hydrogen-bond donors (Lipinski definition) is 6. The molecule has 176 valence electrons. The highest BCUT2D eigenvalue weighted by molar-refractivity contribution is 6.32. The fourth-order valence-electron chi connectivity index (χ4n) is 5.58. The number of aromatic hydroxyl groups is 1. The molecule has 1 aromatic rings. The van der Waals surface area contributed by atoms with Gasteiger partial charge in [0.25, 0.3) is 5.91 Å². The number of fused-ring (bicyclic) bond motifs is 3. The highest BCUT2D eigenvalue weighted by Crippen LogP contribution is 2.58. The van der Waals surface area contributed by atoms with Crippen LogP contribution in [0.4, 0.5) is 0 Å². The van der Waals surface area contributed by atoms with E-state index in [-0.39, 0.29) is 22.6 Å². The van der Waals surface area contributed by atoms with Crippen molar-refractivity contribution in [2.24, 2.45) is 17.6 Å². The van der Waals surface area contributed by atoms with Gasteiger partial charge in [0.1, 0.15) is 22.8 Å².